The molecule has 0 heterocycles. The summed E-state index contributed by atoms with van der Waals surface area (Å²) in [6.45, 7) is 3.38. The molecule has 1 aliphatic rings. The lowest BCUT2D eigenvalue weighted by molar-refractivity contribution is -0.116. The van der Waals surface area contributed by atoms with Crippen LogP contribution >= 0.6 is 0 Å². The summed E-state index contributed by atoms with van der Waals surface area (Å²) in [5.74, 6) is -0.724. The summed E-state index contributed by atoms with van der Waals surface area (Å²) in [4.78, 5) is 13.1. The smallest absolute Gasteiger partial charge is 0.236 e. The molecule has 0 atom stereocenters. The maximum Gasteiger partial charge on any atom is 0.236 e. The third-order valence-corrected chi connectivity index (χ3v) is 3.67. The van der Waals surface area contributed by atoms with Crippen molar-refractivity contribution in [1.29, 1.82) is 0 Å². The zero-order chi connectivity index (χ0) is 15.2. The minimum Gasteiger partial charge on any atom is -0.368 e. The highest BCUT2D eigenvalue weighted by Gasteiger charge is 2.22. The van der Waals surface area contributed by atoms with Crippen molar-refractivity contribution in [3.05, 3.63) is 29.6 Å². The lowest BCUT2D eigenvalue weighted by Gasteiger charge is -2.26. The van der Waals surface area contributed by atoms with Gasteiger partial charge in [-0.1, -0.05) is 25.5 Å². The van der Waals surface area contributed by atoms with Gasteiger partial charge in [-0.3, -0.25) is 4.79 Å². The highest BCUT2D eigenvalue weighted by Crippen LogP contribution is 2.26. The SMILES string of the molecule is CCCCN(CC(N)=O)c1c(F)cccc1CNC1CC1. The van der Waals surface area contributed by atoms with E-state index in [9.17, 15) is 9.18 Å². The van der Waals surface area contributed by atoms with E-state index < -0.39 is 5.91 Å². The van der Waals surface area contributed by atoms with Gasteiger partial charge in [-0.15, -0.1) is 0 Å². The van der Waals surface area contributed by atoms with Crippen LogP contribution in [0.1, 0.15) is 38.2 Å². The number of hydrogen-bond acceptors (Lipinski definition) is 3. The fourth-order valence-corrected chi connectivity index (χ4v) is 2.41. The second kappa shape index (κ2) is 7.41. The van der Waals surface area contributed by atoms with Gasteiger partial charge in [-0.2, -0.15) is 0 Å². The molecule has 2 rings (SSSR count). The maximum absolute atomic E-state index is 14.3. The number of nitrogens with one attached hydrogen (secondary N) is 1. The van der Waals surface area contributed by atoms with Gasteiger partial charge >= 0.3 is 0 Å². The fourth-order valence-electron chi connectivity index (χ4n) is 2.41. The number of carbonyl (C=O) groups excluding carboxylic acids is 1. The number of amides is 1. The monoisotopic (exact) mass is 293 g/mol. The number of rotatable bonds is 9. The van der Waals surface area contributed by atoms with E-state index in [4.69, 9.17) is 5.73 Å². The minimum absolute atomic E-state index is 0.0529. The Morgan fingerprint density at radius 2 is 2.24 bits per heavy atom. The highest BCUT2D eigenvalue weighted by molar-refractivity contribution is 5.80. The average molecular weight is 293 g/mol. The molecule has 21 heavy (non-hydrogen) atoms. The Bertz CT molecular complexity index is 488. The number of carbonyl (C=O) groups is 1. The van der Waals surface area contributed by atoms with Crippen LogP contribution in [0.15, 0.2) is 18.2 Å². The van der Waals surface area contributed by atoms with Crippen LogP contribution in [-0.2, 0) is 11.3 Å². The first-order valence-electron chi connectivity index (χ1n) is 7.65. The van der Waals surface area contributed by atoms with Crippen LogP contribution in [0.25, 0.3) is 0 Å². The van der Waals surface area contributed by atoms with Crippen molar-refractivity contribution in [2.75, 3.05) is 18.0 Å². The number of para-hydroxylation sites is 1. The van der Waals surface area contributed by atoms with Gasteiger partial charge in [0.05, 0.1) is 12.2 Å². The van der Waals surface area contributed by atoms with Gasteiger partial charge in [0.1, 0.15) is 5.82 Å². The molecule has 1 amide bonds. The molecule has 0 radical (unpaired) electrons. The molecule has 1 saturated carbocycles. The van der Waals surface area contributed by atoms with Gasteiger partial charge < -0.3 is 16.0 Å². The molecule has 5 heteroatoms. The van der Waals surface area contributed by atoms with E-state index in [0.717, 1.165) is 18.4 Å². The quantitative estimate of drug-likeness (QED) is 0.733. The first kappa shape index (κ1) is 15.8. The molecule has 4 nitrogen and oxygen atoms in total. The third kappa shape index (κ3) is 4.70. The highest BCUT2D eigenvalue weighted by atomic mass is 19.1. The molecule has 1 aromatic carbocycles. The zero-order valence-corrected chi connectivity index (χ0v) is 12.6. The van der Waals surface area contributed by atoms with Crippen molar-refractivity contribution in [2.45, 2.75) is 45.2 Å². The van der Waals surface area contributed by atoms with Gasteiger partial charge in [-0.05, 0) is 30.9 Å². The van der Waals surface area contributed by atoms with Gasteiger partial charge in [0, 0.05) is 19.1 Å². The number of nitrogens with zero attached hydrogens (tertiary/aromatic N) is 1. The lowest BCUT2D eigenvalue weighted by atomic mass is 10.1. The van der Waals surface area contributed by atoms with Crippen molar-refractivity contribution >= 4 is 11.6 Å². The molecule has 0 aromatic heterocycles. The minimum atomic E-state index is -0.435. The Morgan fingerprint density at radius 3 is 2.86 bits per heavy atom. The second-order valence-corrected chi connectivity index (χ2v) is 5.64. The molecule has 0 aliphatic heterocycles. The second-order valence-electron chi connectivity index (χ2n) is 5.64. The molecular formula is C16H24FN3O. The van der Waals surface area contributed by atoms with E-state index in [2.05, 4.69) is 12.2 Å². The molecule has 1 aromatic rings. The molecule has 1 aliphatic carbocycles. The molecule has 116 valence electrons. The van der Waals surface area contributed by atoms with Gasteiger partial charge in [0.2, 0.25) is 5.91 Å². The summed E-state index contributed by atoms with van der Waals surface area (Å²) in [5.41, 5.74) is 6.72. The molecule has 0 spiro atoms. The van der Waals surface area contributed by atoms with Crippen LogP contribution in [0.3, 0.4) is 0 Å². The van der Waals surface area contributed by atoms with E-state index in [1.54, 1.807) is 11.0 Å². The van der Waals surface area contributed by atoms with Crippen molar-refractivity contribution in [3.8, 4) is 0 Å². The Morgan fingerprint density at radius 1 is 1.48 bits per heavy atom. The van der Waals surface area contributed by atoms with E-state index in [1.807, 2.05) is 6.07 Å². The summed E-state index contributed by atoms with van der Waals surface area (Å²) in [7, 11) is 0. The normalized spacial score (nSPS) is 14.2. The van der Waals surface area contributed by atoms with Crippen LogP contribution in [0.2, 0.25) is 0 Å². The van der Waals surface area contributed by atoms with Crippen LogP contribution in [0, 0.1) is 5.82 Å². The third-order valence-electron chi connectivity index (χ3n) is 3.67. The summed E-state index contributed by atoms with van der Waals surface area (Å²) in [6, 6.07) is 5.62. The number of hydrogen-bond donors (Lipinski definition) is 2. The Balaban J connectivity index is 2.20. The number of unbranched alkanes of at least 4 members (excludes halogenated alkanes) is 1. The van der Waals surface area contributed by atoms with Crippen molar-refractivity contribution in [2.24, 2.45) is 5.73 Å². The van der Waals surface area contributed by atoms with Crippen molar-refractivity contribution in [3.63, 3.8) is 0 Å². The van der Waals surface area contributed by atoms with Gasteiger partial charge in [0.25, 0.3) is 0 Å². The van der Waals surface area contributed by atoms with E-state index in [-0.39, 0.29) is 12.4 Å². The van der Waals surface area contributed by atoms with Gasteiger partial charge in [-0.25, -0.2) is 4.39 Å². The molecule has 1 fully saturated rings. The van der Waals surface area contributed by atoms with E-state index >= 15 is 0 Å². The van der Waals surface area contributed by atoms with Crippen molar-refractivity contribution in [1.82, 2.24) is 5.32 Å². The number of halogens is 1. The van der Waals surface area contributed by atoms with Crippen molar-refractivity contribution < 1.29 is 9.18 Å². The topological polar surface area (TPSA) is 58.4 Å². The Hall–Kier alpha value is -1.62. The molecular weight excluding hydrogens is 269 g/mol. The molecule has 3 N–H and O–H groups in total. The number of nitrogens with two attached hydrogens (primary N) is 1. The molecule has 0 unspecified atom stereocenters. The maximum atomic E-state index is 14.3. The zero-order valence-electron chi connectivity index (χ0n) is 12.6. The first-order chi connectivity index (χ1) is 10.1. The standard InChI is InChI=1S/C16H24FN3O/c1-2-3-9-20(11-15(18)21)16-12(5-4-6-14(16)17)10-19-13-7-8-13/h4-6,13,19H,2-3,7-11H2,1H3,(H2,18,21). The van der Waals surface area contributed by atoms with Crippen LogP contribution in [0.5, 0.6) is 0 Å². The summed E-state index contributed by atoms with van der Waals surface area (Å²) < 4.78 is 14.3. The van der Waals surface area contributed by atoms with Crippen LogP contribution < -0.4 is 16.0 Å². The summed E-state index contributed by atoms with van der Waals surface area (Å²) >= 11 is 0. The van der Waals surface area contributed by atoms with Crippen LogP contribution in [0.4, 0.5) is 10.1 Å². The fraction of sp³-hybridized carbons (Fsp3) is 0.562. The Kier molecular flexibility index (Phi) is 5.56. The summed E-state index contributed by atoms with van der Waals surface area (Å²) in [5, 5.41) is 3.40. The number of benzene rings is 1. The van der Waals surface area contributed by atoms with Crippen LogP contribution in [-0.4, -0.2) is 25.0 Å². The first-order valence-corrected chi connectivity index (χ1v) is 7.65. The largest absolute Gasteiger partial charge is 0.368 e. The number of primary amides is 1. The summed E-state index contributed by atoms with van der Waals surface area (Å²) in [6.07, 6.45) is 4.26. The predicted molar refractivity (Wildman–Crippen MR) is 82.6 cm³/mol. The van der Waals surface area contributed by atoms with Gasteiger partial charge in [0.15, 0.2) is 0 Å². The molecule has 0 saturated heterocycles. The van der Waals surface area contributed by atoms with E-state index in [0.29, 0.717) is 24.8 Å². The lowest BCUT2D eigenvalue weighted by Crippen LogP contribution is -2.36. The molecule has 0 bridgehead atoms. The predicted octanol–water partition coefficient (Wildman–Crippen LogP) is 2.17. The number of anilines is 1. The Labute approximate surface area is 125 Å². The average Bonchev–Trinajstić information content (AvgIpc) is 3.25. The van der Waals surface area contributed by atoms with E-state index in [1.165, 1.54) is 18.9 Å².